The maximum absolute atomic E-state index is 2.32. The second-order valence-electron chi connectivity index (χ2n) is 5.03. The van der Waals surface area contributed by atoms with E-state index >= 15 is 0 Å². The standard InChI is InChI=1S/C18H15N2.BrH.H2O/c1-2-7-15(8-3-1)13-19-14-16-9-6-12-20(16)18-11-5-4-10-17(18)19;;/h1-12,14H,13H2;1H;1H2/q+1;;/p-1. The van der Waals surface area contributed by atoms with Crippen LogP contribution in [0.25, 0.3) is 16.7 Å². The number of nitrogens with zero attached hydrogens (tertiary/aromatic N) is 2. The van der Waals surface area contributed by atoms with Gasteiger partial charge in [-0.1, -0.05) is 42.5 Å². The minimum atomic E-state index is 0. The highest BCUT2D eigenvalue weighted by atomic mass is 79.9. The molecular formula is C18H17BrN2O. The lowest BCUT2D eigenvalue weighted by atomic mass is 10.2. The number of fused-ring (bicyclic) bond motifs is 3. The molecule has 2 heterocycles. The number of aromatic nitrogens is 2. The third-order valence-electron chi connectivity index (χ3n) is 3.71. The molecule has 0 spiro atoms. The van der Waals surface area contributed by atoms with Gasteiger partial charge < -0.3 is 27.0 Å². The van der Waals surface area contributed by atoms with Crippen molar-refractivity contribution in [2.45, 2.75) is 6.54 Å². The Labute approximate surface area is 139 Å². The highest BCUT2D eigenvalue weighted by Crippen LogP contribution is 2.16. The quantitative estimate of drug-likeness (QED) is 0.438. The maximum Gasteiger partial charge on any atom is 0.235 e. The van der Waals surface area contributed by atoms with E-state index in [0.717, 1.165) is 6.54 Å². The van der Waals surface area contributed by atoms with Crippen LogP contribution in [0.15, 0.2) is 79.1 Å². The van der Waals surface area contributed by atoms with E-state index in [1.165, 1.54) is 22.3 Å². The van der Waals surface area contributed by atoms with E-state index < -0.39 is 0 Å². The Morgan fingerprint density at radius 1 is 0.818 bits per heavy atom. The molecule has 4 heteroatoms. The Kier molecular flexibility index (Phi) is 4.96. The van der Waals surface area contributed by atoms with Gasteiger partial charge >= 0.3 is 0 Å². The number of hydrogen-bond donors (Lipinski definition) is 0. The predicted octanol–water partition coefficient (Wildman–Crippen LogP) is -0.417. The van der Waals surface area contributed by atoms with Gasteiger partial charge in [0, 0.05) is 24.7 Å². The Bertz CT molecular complexity index is 842. The first kappa shape index (κ1) is 16.2. The SMILES string of the molecule is O.[Br-].c1ccc(Cn2cc3ccc[n+]-3c3ccccc32)cc1. The van der Waals surface area contributed by atoms with Crippen LogP contribution in [0.5, 0.6) is 0 Å². The summed E-state index contributed by atoms with van der Waals surface area (Å²) in [5.74, 6) is 0. The molecule has 0 bridgehead atoms. The molecule has 3 nitrogen and oxygen atoms in total. The Morgan fingerprint density at radius 3 is 2.36 bits per heavy atom. The molecule has 0 atom stereocenters. The van der Waals surface area contributed by atoms with E-state index in [-0.39, 0.29) is 22.5 Å². The van der Waals surface area contributed by atoms with Crippen LogP contribution in [0.3, 0.4) is 0 Å². The predicted molar refractivity (Wildman–Crippen MR) is 83.8 cm³/mol. The van der Waals surface area contributed by atoms with Crippen molar-refractivity contribution in [2.75, 3.05) is 0 Å². The summed E-state index contributed by atoms with van der Waals surface area (Å²) < 4.78 is 4.55. The van der Waals surface area contributed by atoms with Crippen molar-refractivity contribution in [2.24, 2.45) is 0 Å². The van der Waals surface area contributed by atoms with Crippen LogP contribution in [0.2, 0.25) is 0 Å². The van der Waals surface area contributed by atoms with Gasteiger partial charge in [-0.25, -0.2) is 0 Å². The second-order valence-corrected chi connectivity index (χ2v) is 5.03. The third-order valence-corrected chi connectivity index (χ3v) is 3.71. The van der Waals surface area contributed by atoms with Gasteiger partial charge in [0.2, 0.25) is 11.2 Å². The molecule has 2 aromatic carbocycles. The van der Waals surface area contributed by atoms with Crippen LogP contribution in [-0.4, -0.2) is 10.0 Å². The van der Waals surface area contributed by atoms with Gasteiger partial charge in [-0.3, -0.25) is 0 Å². The van der Waals surface area contributed by atoms with E-state index in [0.29, 0.717) is 0 Å². The molecule has 0 aromatic heterocycles. The fourth-order valence-electron chi connectivity index (χ4n) is 2.77. The fraction of sp³-hybridized carbons (Fsp3) is 0.0556. The van der Waals surface area contributed by atoms with E-state index in [2.05, 4.69) is 88.3 Å². The molecule has 2 aromatic rings. The van der Waals surface area contributed by atoms with Gasteiger partial charge in [0.05, 0.1) is 6.20 Å². The van der Waals surface area contributed by atoms with Gasteiger partial charge in [0.25, 0.3) is 0 Å². The lowest BCUT2D eigenvalue weighted by molar-refractivity contribution is -0.564. The normalized spacial score (nSPS) is 10.2. The molecule has 22 heavy (non-hydrogen) atoms. The minimum Gasteiger partial charge on any atom is -1.00 e. The monoisotopic (exact) mass is 356 g/mol. The fourth-order valence-corrected chi connectivity index (χ4v) is 2.77. The molecule has 0 unspecified atom stereocenters. The highest BCUT2D eigenvalue weighted by Gasteiger charge is 2.17. The molecule has 0 aliphatic carbocycles. The molecule has 2 aliphatic heterocycles. The van der Waals surface area contributed by atoms with Crippen LogP contribution in [0.4, 0.5) is 0 Å². The molecule has 2 N–H and O–H groups in total. The first-order valence-corrected chi connectivity index (χ1v) is 6.84. The van der Waals surface area contributed by atoms with Crippen LogP contribution in [0.1, 0.15) is 5.56 Å². The zero-order valence-corrected chi connectivity index (χ0v) is 13.6. The highest BCUT2D eigenvalue weighted by molar-refractivity contribution is 5.72. The largest absolute Gasteiger partial charge is 1.00 e. The molecule has 4 rings (SSSR count). The summed E-state index contributed by atoms with van der Waals surface area (Å²) in [6.07, 6.45) is 4.33. The lowest BCUT2D eigenvalue weighted by Gasteiger charge is -2.11. The van der Waals surface area contributed by atoms with Crippen molar-refractivity contribution >= 4 is 11.0 Å². The summed E-state index contributed by atoms with van der Waals surface area (Å²) in [4.78, 5) is 0. The minimum absolute atomic E-state index is 0. The number of para-hydroxylation sites is 2. The molecule has 0 amide bonds. The Hall–Kier alpha value is -2.17. The zero-order chi connectivity index (χ0) is 13.4. The van der Waals surface area contributed by atoms with Crippen LogP contribution in [0, 0.1) is 0 Å². The van der Waals surface area contributed by atoms with Gasteiger partial charge in [-0.15, -0.1) is 0 Å². The topological polar surface area (TPSA) is 40.3 Å². The van der Waals surface area contributed by atoms with E-state index in [4.69, 9.17) is 0 Å². The van der Waals surface area contributed by atoms with E-state index in [1.54, 1.807) is 0 Å². The summed E-state index contributed by atoms with van der Waals surface area (Å²) in [6, 6.07) is 23.4. The molecular weight excluding hydrogens is 340 g/mol. The Morgan fingerprint density at radius 2 is 1.55 bits per heavy atom. The van der Waals surface area contributed by atoms with Crippen LogP contribution < -0.4 is 21.5 Å². The lowest BCUT2D eigenvalue weighted by Crippen LogP contribution is -3.00. The van der Waals surface area contributed by atoms with Gasteiger partial charge in [-0.05, 0) is 11.6 Å². The average molecular weight is 357 g/mol. The summed E-state index contributed by atoms with van der Waals surface area (Å²) in [7, 11) is 0. The summed E-state index contributed by atoms with van der Waals surface area (Å²) in [5, 5.41) is 0. The third kappa shape index (κ3) is 2.75. The Balaban J connectivity index is 0.000000882. The first-order chi connectivity index (χ1) is 9.92. The maximum atomic E-state index is 2.32. The molecule has 0 saturated heterocycles. The van der Waals surface area contributed by atoms with Gasteiger partial charge in [-0.2, -0.15) is 4.57 Å². The summed E-state index contributed by atoms with van der Waals surface area (Å²) >= 11 is 0. The average Bonchev–Trinajstić information content (AvgIpc) is 2.97. The number of rotatable bonds is 2. The molecule has 0 radical (unpaired) electrons. The summed E-state index contributed by atoms with van der Waals surface area (Å²) in [6.45, 7) is 0.892. The number of benzene rings is 2. The zero-order valence-electron chi connectivity index (χ0n) is 12.0. The van der Waals surface area contributed by atoms with Crippen LogP contribution >= 0.6 is 0 Å². The summed E-state index contributed by atoms with van der Waals surface area (Å²) in [5.41, 5.74) is 5.03. The van der Waals surface area contributed by atoms with Gasteiger partial charge in [0.1, 0.15) is 5.52 Å². The van der Waals surface area contributed by atoms with Crippen molar-refractivity contribution < 1.29 is 27.0 Å². The van der Waals surface area contributed by atoms with Crippen molar-refractivity contribution in [1.82, 2.24) is 4.57 Å². The van der Waals surface area contributed by atoms with Crippen molar-refractivity contribution in [3.63, 3.8) is 0 Å². The smallest absolute Gasteiger partial charge is 0.235 e. The molecule has 0 saturated carbocycles. The van der Waals surface area contributed by atoms with Crippen molar-refractivity contribution in [3.05, 3.63) is 84.7 Å². The van der Waals surface area contributed by atoms with E-state index in [1.807, 2.05) is 0 Å². The molecule has 2 aliphatic rings. The second kappa shape index (κ2) is 6.73. The van der Waals surface area contributed by atoms with Crippen molar-refractivity contribution in [3.8, 4) is 5.69 Å². The molecule has 112 valence electrons. The van der Waals surface area contributed by atoms with Crippen molar-refractivity contribution in [1.29, 1.82) is 0 Å². The molecule has 0 fully saturated rings. The van der Waals surface area contributed by atoms with E-state index in [9.17, 15) is 0 Å². The van der Waals surface area contributed by atoms with Gasteiger partial charge in [0.15, 0.2) is 6.20 Å². The number of halogens is 1. The number of hydrogen-bond acceptors (Lipinski definition) is 0. The van der Waals surface area contributed by atoms with Crippen LogP contribution in [-0.2, 0) is 6.54 Å². The first-order valence-electron chi connectivity index (χ1n) is 6.84.